The third-order valence-corrected chi connectivity index (χ3v) is 4.37. The SMILES string of the molecule is C[C@@H]1C[C@@H](C)C[NH+](CC(=O)NCCc2ccc(OC(F)F)cc2)C1. The minimum absolute atomic E-state index is 0.0731. The van der Waals surface area contributed by atoms with E-state index in [1.165, 1.54) is 23.5 Å². The van der Waals surface area contributed by atoms with E-state index in [9.17, 15) is 13.6 Å². The number of nitrogens with one attached hydrogen (secondary N) is 2. The van der Waals surface area contributed by atoms with Gasteiger partial charge in [-0.25, -0.2) is 0 Å². The van der Waals surface area contributed by atoms with E-state index in [0.717, 1.165) is 18.7 Å². The molecule has 0 unspecified atom stereocenters. The molecule has 24 heavy (non-hydrogen) atoms. The summed E-state index contributed by atoms with van der Waals surface area (Å²) in [4.78, 5) is 13.4. The molecule has 1 heterocycles. The second-order valence-corrected chi connectivity index (χ2v) is 6.90. The molecular formula is C18H27F2N2O2+. The molecule has 6 heteroatoms. The van der Waals surface area contributed by atoms with Crippen LogP contribution in [0.4, 0.5) is 8.78 Å². The van der Waals surface area contributed by atoms with E-state index in [-0.39, 0.29) is 11.7 Å². The average Bonchev–Trinajstić information content (AvgIpc) is 2.47. The van der Waals surface area contributed by atoms with Crippen molar-refractivity contribution in [2.75, 3.05) is 26.2 Å². The van der Waals surface area contributed by atoms with Crippen molar-refractivity contribution in [3.05, 3.63) is 29.8 Å². The zero-order valence-electron chi connectivity index (χ0n) is 14.4. The van der Waals surface area contributed by atoms with Gasteiger partial charge in [0.25, 0.3) is 5.91 Å². The van der Waals surface area contributed by atoms with Gasteiger partial charge in [0.05, 0.1) is 13.1 Å². The van der Waals surface area contributed by atoms with Gasteiger partial charge in [-0.2, -0.15) is 8.78 Å². The monoisotopic (exact) mass is 341 g/mol. The molecule has 1 aromatic rings. The van der Waals surface area contributed by atoms with Crippen molar-refractivity contribution in [3.8, 4) is 5.75 Å². The number of piperidine rings is 1. The first-order valence-electron chi connectivity index (χ1n) is 8.56. The first-order valence-corrected chi connectivity index (χ1v) is 8.56. The van der Waals surface area contributed by atoms with Crippen LogP contribution in [0.2, 0.25) is 0 Å². The lowest BCUT2D eigenvalue weighted by molar-refractivity contribution is -0.904. The predicted molar refractivity (Wildman–Crippen MR) is 88.3 cm³/mol. The van der Waals surface area contributed by atoms with Crippen LogP contribution in [0.3, 0.4) is 0 Å². The van der Waals surface area contributed by atoms with Crippen molar-refractivity contribution in [2.24, 2.45) is 11.8 Å². The van der Waals surface area contributed by atoms with Gasteiger partial charge in [-0.3, -0.25) is 4.79 Å². The summed E-state index contributed by atoms with van der Waals surface area (Å²) >= 11 is 0. The summed E-state index contributed by atoms with van der Waals surface area (Å²) in [6.45, 7) is 4.87. The minimum Gasteiger partial charge on any atom is -0.435 e. The highest BCUT2D eigenvalue weighted by molar-refractivity contribution is 5.76. The molecule has 2 atom stereocenters. The number of quaternary nitrogens is 1. The Morgan fingerprint density at radius 2 is 1.88 bits per heavy atom. The fraction of sp³-hybridized carbons (Fsp3) is 0.611. The van der Waals surface area contributed by atoms with Gasteiger partial charge in [-0.05, 0) is 30.5 Å². The summed E-state index contributed by atoms with van der Waals surface area (Å²) in [6, 6.07) is 6.51. The van der Waals surface area contributed by atoms with Crippen LogP contribution in [0.5, 0.6) is 5.75 Å². The highest BCUT2D eigenvalue weighted by Gasteiger charge is 2.26. The second-order valence-electron chi connectivity index (χ2n) is 6.90. The molecule has 0 aromatic heterocycles. The molecule has 0 aliphatic carbocycles. The molecule has 2 rings (SSSR count). The predicted octanol–water partition coefficient (Wildman–Crippen LogP) is 1.51. The number of benzene rings is 1. The lowest BCUT2D eigenvalue weighted by atomic mass is 9.92. The van der Waals surface area contributed by atoms with Crippen LogP contribution in [0.25, 0.3) is 0 Å². The fourth-order valence-corrected chi connectivity index (χ4v) is 3.54. The van der Waals surface area contributed by atoms with E-state index in [0.29, 0.717) is 31.3 Å². The topological polar surface area (TPSA) is 42.8 Å². The molecule has 0 saturated carbocycles. The molecule has 1 aliphatic rings. The zero-order chi connectivity index (χ0) is 17.5. The van der Waals surface area contributed by atoms with Crippen molar-refractivity contribution in [3.63, 3.8) is 0 Å². The largest absolute Gasteiger partial charge is 0.435 e. The van der Waals surface area contributed by atoms with Gasteiger partial charge >= 0.3 is 6.61 Å². The number of hydrogen-bond acceptors (Lipinski definition) is 2. The Balaban J connectivity index is 1.68. The van der Waals surface area contributed by atoms with Crippen molar-refractivity contribution in [1.29, 1.82) is 0 Å². The number of rotatable bonds is 7. The van der Waals surface area contributed by atoms with Crippen molar-refractivity contribution < 1.29 is 23.2 Å². The van der Waals surface area contributed by atoms with Crippen LogP contribution in [0.1, 0.15) is 25.8 Å². The molecule has 1 saturated heterocycles. The maximum Gasteiger partial charge on any atom is 0.387 e. The summed E-state index contributed by atoms with van der Waals surface area (Å²) in [6.07, 6.45) is 1.92. The van der Waals surface area contributed by atoms with Crippen LogP contribution < -0.4 is 15.0 Å². The Kier molecular flexibility index (Phi) is 6.97. The summed E-state index contributed by atoms with van der Waals surface area (Å²) in [5, 5.41) is 2.94. The van der Waals surface area contributed by atoms with Gasteiger partial charge in [-0.1, -0.05) is 26.0 Å². The van der Waals surface area contributed by atoms with Crippen molar-refractivity contribution >= 4 is 5.91 Å². The van der Waals surface area contributed by atoms with E-state index < -0.39 is 6.61 Å². The molecule has 0 radical (unpaired) electrons. The zero-order valence-corrected chi connectivity index (χ0v) is 14.4. The third-order valence-electron chi connectivity index (χ3n) is 4.37. The Hall–Kier alpha value is -1.69. The smallest absolute Gasteiger partial charge is 0.387 e. The lowest BCUT2D eigenvalue weighted by Crippen LogP contribution is -3.15. The van der Waals surface area contributed by atoms with E-state index in [1.54, 1.807) is 12.1 Å². The van der Waals surface area contributed by atoms with Crippen LogP contribution >= 0.6 is 0 Å². The molecule has 1 fully saturated rings. The maximum absolute atomic E-state index is 12.1. The lowest BCUT2D eigenvalue weighted by Gasteiger charge is -2.31. The Bertz CT molecular complexity index is 512. The third kappa shape index (κ3) is 6.43. The Morgan fingerprint density at radius 3 is 2.46 bits per heavy atom. The van der Waals surface area contributed by atoms with Crippen LogP contribution in [-0.2, 0) is 11.2 Å². The van der Waals surface area contributed by atoms with Gasteiger partial charge < -0.3 is 15.0 Å². The Morgan fingerprint density at radius 1 is 1.25 bits per heavy atom. The van der Waals surface area contributed by atoms with Crippen molar-refractivity contribution in [2.45, 2.75) is 33.3 Å². The highest BCUT2D eigenvalue weighted by Crippen LogP contribution is 2.15. The number of likely N-dealkylation sites (tertiary alicyclic amines) is 1. The molecule has 2 N–H and O–H groups in total. The molecule has 0 bridgehead atoms. The van der Waals surface area contributed by atoms with Crippen LogP contribution in [0, 0.1) is 11.8 Å². The number of halogens is 2. The molecule has 1 aliphatic heterocycles. The normalized spacial score (nSPS) is 24.0. The van der Waals surface area contributed by atoms with Gasteiger partial charge in [0.15, 0.2) is 6.54 Å². The second kappa shape index (κ2) is 8.97. The summed E-state index contributed by atoms with van der Waals surface area (Å²) in [7, 11) is 0. The molecular weight excluding hydrogens is 314 g/mol. The molecule has 134 valence electrons. The summed E-state index contributed by atoms with van der Waals surface area (Å²) in [5.41, 5.74) is 0.976. The number of amides is 1. The van der Waals surface area contributed by atoms with Crippen LogP contribution in [-0.4, -0.2) is 38.7 Å². The minimum atomic E-state index is -2.81. The van der Waals surface area contributed by atoms with Gasteiger partial charge in [-0.15, -0.1) is 0 Å². The summed E-state index contributed by atoms with van der Waals surface area (Å²) < 4.78 is 28.5. The van der Waals surface area contributed by atoms with E-state index in [4.69, 9.17) is 0 Å². The number of carbonyl (C=O) groups excluding carboxylic acids is 1. The molecule has 1 amide bonds. The number of ether oxygens (including phenoxy) is 1. The fourth-order valence-electron chi connectivity index (χ4n) is 3.54. The Labute approximate surface area is 142 Å². The van der Waals surface area contributed by atoms with Crippen LogP contribution in [0.15, 0.2) is 24.3 Å². The standard InChI is InChI=1S/C18H26F2N2O2/c1-13-9-14(2)11-22(10-13)12-17(23)21-8-7-15-3-5-16(6-4-15)24-18(19)20/h3-6,13-14,18H,7-12H2,1-2H3,(H,21,23)/p+1/t13-,14-/m1/s1. The summed E-state index contributed by atoms with van der Waals surface area (Å²) in [5.74, 6) is 1.56. The van der Waals surface area contributed by atoms with E-state index >= 15 is 0 Å². The first-order chi connectivity index (χ1) is 11.4. The maximum atomic E-state index is 12.1. The van der Waals surface area contributed by atoms with Gasteiger partial charge in [0.1, 0.15) is 5.75 Å². The van der Waals surface area contributed by atoms with Gasteiger partial charge in [0.2, 0.25) is 0 Å². The quantitative estimate of drug-likeness (QED) is 0.789. The molecule has 1 aromatic carbocycles. The van der Waals surface area contributed by atoms with Crippen molar-refractivity contribution in [1.82, 2.24) is 5.32 Å². The van der Waals surface area contributed by atoms with Gasteiger partial charge in [0, 0.05) is 18.4 Å². The average molecular weight is 341 g/mol. The number of alkyl halides is 2. The molecule has 0 spiro atoms. The first kappa shape index (κ1) is 18.6. The molecule has 4 nitrogen and oxygen atoms in total. The van der Waals surface area contributed by atoms with E-state index in [2.05, 4.69) is 23.9 Å². The number of carbonyl (C=O) groups is 1. The highest BCUT2D eigenvalue weighted by atomic mass is 19.3. The van der Waals surface area contributed by atoms with E-state index in [1.807, 2.05) is 0 Å². The number of hydrogen-bond donors (Lipinski definition) is 2.